The minimum Gasteiger partial charge on any atom is -0.444 e. The molecule has 1 fully saturated rings. The molecule has 1 aromatic carbocycles. The number of rotatable bonds is 0. The van der Waals surface area contributed by atoms with Gasteiger partial charge in [-0.15, -0.1) is 0 Å². The number of hydrogen-bond donors (Lipinski definition) is 0. The molecule has 0 spiro atoms. The predicted octanol–water partition coefficient (Wildman–Crippen LogP) is 7.48. The third-order valence-corrected chi connectivity index (χ3v) is 3.51. The van der Waals surface area contributed by atoms with Gasteiger partial charge in [-0.3, -0.25) is 0 Å². The van der Waals surface area contributed by atoms with Crippen LogP contribution in [0.25, 0.3) is 0 Å². The van der Waals surface area contributed by atoms with E-state index in [1.54, 1.807) is 20.8 Å². The molecule has 1 aromatic rings. The molecule has 0 bridgehead atoms. The van der Waals surface area contributed by atoms with Crippen molar-refractivity contribution in [2.45, 2.75) is 86.2 Å². The molecule has 1 aliphatic heterocycles. The maximum absolute atomic E-state index is 14.7. The zero-order chi connectivity index (χ0) is 24.9. The number of hydrogen-bond acceptors (Lipinski definition) is 2. The van der Waals surface area contributed by atoms with Crippen LogP contribution in [-0.2, 0) is 10.9 Å². The summed E-state index contributed by atoms with van der Waals surface area (Å²) < 4.78 is 57.4. The smallest absolute Gasteiger partial charge is 0.416 e. The van der Waals surface area contributed by atoms with Gasteiger partial charge >= 0.3 is 12.3 Å². The minimum atomic E-state index is -4.42. The molecule has 0 radical (unpaired) electrons. The van der Waals surface area contributed by atoms with E-state index >= 15 is 0 Å². The maximum atomic E-state index is 14.7. The first-order valence-electron chi connectivity index (χ1n) is 10.8. The molecular formula is C24H37F4NO2. The first-order chi connectivity index (χ1) is 14.4. The number of nitrogens with zero attached hydrogens (tertiary/aromatic N) is 1. The number of benzene rings is 1. The van der Waals surface area contributed by atoms with Crippen LogP contribution in [0.3, 0.4) is 0 Å². The van der Waals surface area contributed by atoms with Crippen LogP contribution in [-0.4, -0.2) is 35.4 Å². The number of likely N-dealkylation sites (tertiary alicyclic amines) is 1. The summed E-state index contributed by atoms with van der Waals surface area (Å²) in [6, 6.07) is 4.19. The highest BCUT2D eigenvalue weighted by atomic mass is 19.4. The van der Waals surface area contributed by atoms with Crippen molar-refractivity contribution < 1.29 is 27.1 Å². The van der Waals surface area contributed by atoms with Crippen LogP contribution < -0.4 is 0 Å². The fourth-order valence-electron chi connectivity index (χ4n) is 2.28. The van der Waals surface area contributed by atoms with Crippen molar-refractivity contribution >= 4 is 6.09 Å². The van der Waals surface area contributed by atoms with E-state index < -0.39 is 29.1 Å². The van der Waals surface area contributed by atoms with E-state index in [9.17, 15) is 22.4 Å². The Morgan fingerprint density at radius 1 is 1.00 bits per heavy atom. The van der Waals surface area contributed by atoms with Gasteiger partial charge in [-0.2, -0.15) is 13.2 Å². The molecule has 1 unspecified atom stereocenters. The Morgan fingerprint density at radius 3 is 1.90 bits per heavy atom. The highest BCUT2D eigenvalue weighted by Crippen LogP contribution is 2.29. The third kappa shape index (κ3) is 11.7. The van der Waals surface area contributed by atoms with Crippen molar-refractivity contribution in [3.63, 3.8) is 0 Å². The minimum absolute atomic E-state index is 0.0277. The summed E-state index contributed by atoms with van der Waals surface area (Å²) in [4.78, 5) is 13.2. The predicted molar refractivity (Wildman–Crippen MR) is 119 cm³/mol. The van der Waals surface area contributed by atoms with E-state index in [2.05, 4.69) is 11.8 Å². The lowest BCUT2D eigenvalue weighted by molar-refractivity contribution is -0.137. The van der Waals surface area contributed by atoms with E-state index in [1.807, 2.05) is 41.5 Å². The van der Waals surface area contributed by atoms with Gasteiger partial charge in [0, 0.05) is 18.5 Å². The summed E-state index contributed by atoms with van der Waals surface area (Å²) in [6.07, 6.45) is -5.00. The van der Waals surface area contributed by atoms with Crippen molar-refractivity contribution in [2.24, 2.45) is 0 Å². The van der Waals surface area contributed by atoms with Crippen LogP contribution in [0.4, 0.5) is 22.4 Å². The van der Waals surface area contributed by atoms with Crippen molar-refractivity contribution in [2.75, 3.05) is 13.1 Å². The van der Waals surface area contributed by atoms with Crippen molar-refractivity contribution in [1.29, 1.82) is 0 Å². The molecule has 0 N–H and O–H groups in total. The number of alkyl halides is 4. The fraction of sp³-hybridized carbons (Fsp3) is 0.625. The SMILES string of the molecule is CC.CC.CC.CC(C)(C)OC(=O)N1CCC(F)(C#Cc2ccc(C(F)(F)F)cc2)C1. The Hall–Kier alpha value is -2.23. The van der Waals surface area contributed by atoms with Gasteiger partial charge in [0.1, 0.15) is 5.60 Å². The third-order valence-electron chi connectivity index (χ3n) is 3.51. The fourth-order valence-corrected chi connectivity index (χ4v) is 2.28. The molecular weight excluding hydrogens is 410 g/mol. The molecule has 1 saturated heterocycles. The van der Waals surface area contributed by atoms with Crippen LogP contribution in [0.1, 0.15) is 79.9 Å². The number of carbonyl (C=O) groups is 1. The average Bonchev–Trinajstić information content (AvgIpc) is 3.12. The Bertz CT molecular complexity index is 698. The second-order valence-electron chi connectivity index (χ2n) is 6.94. The second kappa shape index (κ2) is 14.0. The molecule has 1 aliphatic rings. The molecule has 1 heterocycles. The monoisotopic (exact) mass is 447 g/mol. The Balaban J connectivity index is 0. The van der Waals surface area contributed by atoms with Gasteiger partial charge in [0.05, 0.1) is 12.1 Å². The highest BCUT2D eigenvalue weighted by Gasteiger charge is 2.40. The Labute approximate surface area is 185 Å². The summed E-state index contributed by atoms with van der Waals surface area (Å²) in [6.45, 7) is 17.1. The number of ether oxygens (including phenoxy) is 1. The van der Waals surface area contributed by atoms with Gasteiger partial charge < -0.3 is 9.64 Å². The van der Waals surface area contributed by atoms with Gasteiger partial charge in [-0.25, -0.2) is 9.18 Å². The summed E-state index contributed by atoms with van der Waals surface area (Å²) in [5, 5.41) is 0. The van der Waals surface area contributed by atoms with Crippen molar-refractivity contribution in [1.82, 2.24) is 4.90 Å². The van der Waals surface area contributed by atoms with Crippen LogP contribution in [0.15, 0.2) is 24.3 Å². The van der Waals surface area contributed by atoms with E-state index in [4.69, 9.17) is 4.74 Å². The van der Waals surface area contributed by atoms with E-state index in [-0.39, 0.29) is 25.1 Å². The summed E-state index contributed by atoms with van der Waals surface area (Å²) in [5.74, 6) is 4.98. The summed E-state index contributed by atoms with van der Waals surface area (Å²) >= 11 is 0. The molecule has 2 rings (SSSR count). The zero-order valence-electron chi connectivity index (χ0n) is 20.2. The number of carbonyl (C=O) groups excluding carboxylic acids is 1. The summed E-state index contributed by atoms with van der Waals surface area (Å²) in [7, 11) is 0. The van der Waals surface area contributed by atoms with Crippen LogP contribution in [0.5, 0.6) is 0 Å². The largest absolute Gasteiger partial charge is 0.444 e. The normalized spacial score (nSPS) is 17.4. The van der Waals surface area contributed by atoms with Gasteiger partial charge in [0.15, 0.2) is 5.67 Å². The molecule has 1 amide bonds. The maximum Gasteiger partial charge on any atom is 0.416 e. The van der Waals surface area contributed by atoms with E-state index in [0.29, 0.717) is 0 Å². The highest BCUT2D eigenvalue weighted by molar-refractivity contribution is 5.69. The first-order valence-corrected chi connectivity index (χ1v) is 10.8. The van der Waals surface area contributed by atoms with Crippen molar-refractivity contribution in [3.8, 4) is 11.8 Å². The molecule has 1 atom stereocenters. The van der Waals surface area contributed by atoms with E-state index in [0.717, 1.165) is 12.1 Å². The molecule has 31 heavy (non-hydrogen) atoms. The lowest BCUT2D eigenvalue weighted by Gasteiger charge is -2.24. The van der Waals surface area contributed by atoms with Crippen LogP contribution in [0, 0.1) is 11.8 Å². The van der Waals surface area contributed by atoms with Crippen LogP contribution in [0.2, 0.25) is 0 Å². The Morgan fingerprint density at radius 2 is 1.48 bits per heavy atom. The second-order valence-corrected chi connectivity index (χ2v) is 6.94. The Kier molecular flexibility index (Phi) is 13.9. The van der Waals surface area contributed by atoms with Crippen molar-refractivity contribution in [3.05, 3.63) is 35.4 Å². The van der Waals surface area contributed by atoms with Gasteiger partial charge in [0.2, 0.25) is 0 Å². The van der Waals surface area contributed by atoms with Gasteiger partial charge in [-0.1, -0.05) is 53.4 Å². The molecule has 178 valence electrons. The lowest BCUT2D eigenvalue weighted by Crippen LogP contribution is -2.37. The molecule has 0 aliphatic carbocycles. The molecule has 0 aromatic heterocycles. The average molecular weight is 448 g/mol. The molecule has 0 saturated carbocycles. The first kappa shape index (κ1) is 31.0. The molecule has 3 nitrogen and oxygen atoms in total. The topological polar surface area (TPSA) is 29.5 Å². The number of amides is 1. The van der Waals surface area contributed by atoms with Gasteiger partial charge in [0.25, 0.3) is 0 Å². The summed E-state index contributed by atoms with van der Waals surface area (Å²) in [5.41, 5.74) is -3.09. The number of halogens is 4. The standard InChI is InChI=1S/C18H19F4NO2.3C2H6/c1-16(2,3)25-15(24)23-11-10-17(19,12-23)9-8-13-4-6-14(7-5-13)18(20,21)22;3*1-2/h4-7H,10-12H2,1-3H3;3*1-2H3. The van der Waals surface area contributed by atoms with E-state index in [1.165, 1.54) is 17.0 Å². The lowest BCUT2D eigenvalue weighted by atomic mass is 10.1. The molecule has 7 heteroatoms. The van der Waals surface area contributed by atoms with Gasteiger partial charge in [-0.05, 0) is 45.0 Å². The van der Waals surface area contributed by atoms with Crippen LogP contribution >= 0.6 is 0 Å². The zero-order valence-corrected chi connectivity index (χ0v) is 20.2. The quantitative estimate of drug-likeness (QED) is 0.305.